The van der Waals surface area contributed by atoms with E-state index in [-0.39, 0.29) is 5.97 Å². The van der Waals surface area contributed by atoms with Gasteiger partial charge < -0.3 is 15.0 Å². The minimum Gasteiger partial charge on any atom is -0.462 e. The maximum atomic E-state index is 11.8. The summed E-state index contributed by atoms with van der Waals surface area (Å²) in [5, 5.41) is 12.4. The van der Waals surface area contributed by atoms with Gasteiger partial charge in [0.25, 0.3) is 0 Å². The van der Waals surface area contributed by atoms with Gasteiger partial charge in [-0.3, -0.25) is 0 Å². The fourth-order valence-electron chi connectivity index (χ4n) is 2.34. The van der Waals surface area contributed by atoms with Crippen LogP contribution >= 0.6 is 0 Å². The zero-order chi connectivity index (χ0) is 17.6. The van der Waals surface area contributed by atoms with Crippen LogP contribution in [0.4, 0.5) is 5.69 Å². The second kappa shape index (κ2) is 7.32. The minimum absolute atomic E-state index is 0.320. The maximum Gasteiger partial charge on any atom is 0.338 e. The number of rotatable bonds is 5. The van der Waals surface area contributed by atoms with Crippen LogP contribution in [0.15, 0.2) is 54.7 Å². The Labute approximate surface area is 144 Å². The molecule has 0 aliphatic rings. The van der Waals surface area contributed by atoms with Crippen molar-refractivity contribution in [3.63, 3.8) is 0 Å². The van der Waals surface area contributed by atoms with Crippen LogP contribution in [-0.2, 0) is 4.74 Å². The molecule has 25 heavy (non-hydrogen) atoms. The normalized spacial score (nSPS) is 11.1. The molecule has 0 saturated carbocycles. The van der Waals surface area contributed by atoms with E-state index in [4.69, 9.17) is 4.74 Å². The van der Waals surface area contributed by atoms with Gasteiger partial charge in [0.05, 0.1) is 23.2 Å². The smallest absolute Gasteiger partial charge is 0.338 e. The van der Waals surface area contributed by atoms with E-state index in [1.165, 1.54) is 0 Å². The van der Waals surface area contributed by atoms with E-state index >= 15 is 0 Å². The number of aromatic amines is 1. The maximum absolute atomic E-state index is 11.8. The summed E-state index contributed by atoms with van der Waals surface area (Å²) >= 11 is 0. The van der Waals surface area contributed by atoms with Crippen LogP contribution < -0.4 is 5.32 Å². The summed E-state index contributed by atoms with van der Waals surface area (Å²) in [5.41, 5.74) is 3.14. The van der Waals surface area contributed by atoms with Crippen molar-refractivity contribution in [3.05, 3.63) is 66.1 Å². The molecule has 2 aromatic carbocycles. The molecule has 6 nitrogen and oxygen atoms in total. The Kier molecular flexibility index (Phi) is 4.77. The summed E-state index contributed by atoms with van der Waals surface area (Å²) in [6.07, 6.45) is 1.56. The molecule has 0 saturated heterocycles. The van der Waals surface area contributed by atoms with Crippen molar-refractivity contribution in [1.82, 2.24) is 9.97 Å². The number of anilines is 1. The van der Waals surface area contributed by atoms with Gasteiger partial charge in [0.1, 0.15) is 11.6 Å². The number of benzene rings is 2. The summed E-state index contributed by atoms with van der Waals surface area (Å²) in [5.74, 6) is 0.102. The van der Waals surface area contributed by atoms with Crippen molar-refractivity contribution < 1.29 is 9.53 Å². The molecule has 0 bridgehead atoms. The number of imidazole rings is 1. The van der Waals surface area contributed by atoms with E-state index < -0.39 is 0 Å². The van der Waals surface area contributed by atoms with Gasteiger partial charge >= 0.3 is 5.97 Å². The monoisotopic (exact) mass is 332 g/mol. The number of para-hydroxylation sites is 2. The number of nitrogens with zero attached hydrogens (tertiary/aromatic N) is 2. The van der Waals surface area contributed by atoms with Crippen LogP contribution in [0.2, 0.25) is 0 Å². The molecule has 0 atom stereocenters. The first-order valence-corrected chi connectivity index (χ1v) is 7.80. The lowest BCUT2D eigenvalue weighted by atomic mass is 10.2. The lowest BCUT2D eigenvalue weighted by Gasteiger charge is -2.05. The number of esters is 1. The van der Waals surface area contributed by atoms with Crippen molar-refractivity contribution in [2.45, 2.75) is 6.92 Å². The van der Waals surface area contributed by atoms with E-state index in [1.54, 1.807) is 37.4 Å². The van der Waals surface area contributed by atoms with E-state index in [2.05, 4.69) is 21.4 Å². The molecule has 1 aromatic heterocycles. The van der Waals surface area contributed by atoms with Gasteiger partial charge in [0.15, 0.2) is 5.82 Å². The molecular formula is C19H16N4O2. The van der Waals surface area contributed by atoms with Gasteiger partial charge in [-0.15, -0.1) is 0 Å². The largest absolute Gasteiger partial charge is 0.462 e. The lowest BCUT2D eigenvalue weighted by Crippen LogP contribution is -2.04. The highest BCUT2D eigenvalue weighted by atomic mass is 16.5. The number of nitrogens with one attached hydrogen (secondary N) is 2. The summed E-state index contributed by atoms with van der Waals surface area (Å²) in [4.78, 5) is 19.3. The minimum atomic E-state index is -0.382. The lowest BCUT2D eigenvalue weighted by molar-refractivity contribution is 0.0526. The molecule has 1 heterocycles. The Bertz CT molecular complexity index is 949. The second-order valence-electron chi connectivity index (χ2n) is 5.22. The SMILES string of the molecule is CCOC(=O)c1cccc(NC=C(C#N)c2nc3ccccc3[nH]2)c1. The van der Waals surface area contributed by atoms with E-state index in [0.29, 0.717) is 29.3 Å². The molecule has 0 aliphatic heterocycles. The Morgan fingerprint density at radius 2 is 2.16 bits per heavy atom. The van der Waals surface area contributed by atoms with Gasteiger partial charge in [-0.2, -0.15) is 5.26 Å². The molecule has 3 rings (SSSR count). The topological polar surface area (TPSA) is 90.8 Å². The summed E-state index contributed by atoms with van der Waals surface area (Å²) in [7, 11) is 0. The average Bonchev–Trinajstić information content (AvgIpc) is 3.06. The van der Waals surface area contributed by atoms with Gasteiger partial charge in [-0.05, 0) is 37.3 Å². The number of allylic oxidation sites excluding steroid dienone is 1. The molecule has 0 radical (unpaired) electrons. The first-order chi connectivity index (χ1) is 12.2. The molecule has 0 aliphatic carbocycles. The van der Waals surface area contributed by atoms with Crippen molar-refractivity contribution in [3.8, 4) is 6.07 Å². The molecule has 0 unspecified atom stereocenters. The number of fused-ring (bicyclic) bond motifs is 1. The molecule has 0 spiro atoms. The number of carbonyl (C=O) groups is 1. The third-order valence-corrected chi connectivity index (χ3v) is 3.52. The van der Waals surface area contributed by atoms with Crippen LogP contribution in [0.25, 0.3) is 16.6 Å². The predicted molar refractivity (Wildman–Crippen MR) is 95.7 cm³/mol. The molecule has 0 amide bonds. The first kappa shape index (κ1) is 16.3. The van der Waals surface area contributed by atoms with Crippen LogP contribution in [0.3, 0.4) is 0 Å². The van der Waals surface area contributed by atoms with Gasteiger partial charge in [0, 0.05) is 11.9 Å². The summed E-state index contributed by atoms with van der Waals surface area (Å²) < 4.78 is 4.98. The summed E-state index contributed by atoms with van der Waals surface area (Å²) in [6.45, 7) is 2.08. The Hall–Kier alpha value is -3.59. The fourth-order valence-corrected chi connectivity index (χ4v) is 2.34. The molecule has 6 heteroatoms. The van der Waals surface area contributed by atoms with Crippen molar-refractivity contribution in [2.75, 3.05) is 11.9 Å². The number of ether oxygens (including phenoxy) is 1. The Morgan fingerprint density at radius 1 is 1.32 bits per heavy atom. The highest BCUT2D eigenvalue weighted by molar-refractivity contribution is 5.90. The van der Waals surface area contributed by atoms with E-state index in [1.807, 2.05) is 24.3 Å². The zero-order valence-electron chi connectivity index (χ0n) is 13.6. The predicted octanol–water partition coefficient (Wildman–Crippen LogP) is 3.72. The van der Waals surface area contributed by atoms with E-state index in [0.717, 1.165) is 11.0 Å². The highest BCUT2D eigenvalue weighted by Crippen LogP contribution is 2.18. The number of hydrogen-bond acceptors (Lipinski definition) is 5. The van der Waals surface area contributed by atoms with Crippen LogP contribution in [0.5, 0.6) is 0 Å². The summed E-state index contributed by atoms with van der Waals surface area (Å²) in [6, 6.07) is 16.6. The number of carbonyl (C=O) groups excluding carboxylic acids is 1. The highest BCUT2D eigenvalue weighted by Gasteiger charge is 2.08. The van der Waals surface area contributed by atoms with Crippen LogP contribution in [0, 0.1) is 11.3 Å². The number of hydrogen-bond donors (Lipinski definition) is 2. The molecule has 0 fully saturated rings. The molecule has 3 aromatic rings. The van der Waals surface area contributed by atoms with E-state index in [9.17, 15) is 10.1 Å². The number of aromatic nitrogens is 2. The van der Waals surface area contributed by atoms with Crippen molar-refractivity contribution in [1.29, 1.82) is 5.26 Å². The molecule has 124 valence electrons. The fraction of sp³-hybridized carbons (Fsp3) is 0.105. The molecule has 2 N–H and O–H groups in total. The third kappa shape index (κ3) is 3.67. The van der Waals surface area contributed by atoms with Crippen molar-refractivity contribution >= 4 is 28.3 Å². The van der Waals surface area contributed by atoms with Crippen molar-refractivity contribution in [2.24, 2.45) is 0 Å². The Morgan fingerprint density at radius 3 is 2.92 bits per heavy atom. The van der Waals surface area contributed by atoms with Crippen LogP contribution in [0.1, 0.15) is 23.1 Å². The van der Waals surface area contributed by atoms with Crippen LogP contribution in [-0.4, -0.2) is 22.5 Å². The average molecular weight is 332 g/mol. The second-order valence-corrected chi connectivity index (χ2v) is 5.22. The molecular weight excluding hydrogens is 316 g/mol. The number of nitriles is 1. The standard InChI is InChI=1S/C19H16N4O2/c1-2-25-19(24)13-6-5-7-15(10-13)21-12-14(11-20)18-22-16-8-3-4-9-17(16)23-18/h3-10,12,21H,2H2,1H3,(H,22,23). The Balaban J connectivity index is 1.83. The van der Waals surface area contributed by atoms with Gasteiger partial charge in [-0.1, -0.05) is 18.2 Å². The van der Waals surface area contributed by atoms with Gasteiger partial charge in [-0.25, -0.2) is 9.78 Å². The third-order valence-electron chi connectivity index (χ3n) is 3.52. The number of H-pyrrole nitrogens is 1. The zero-order valence-corrected chi connectivity index (χ0v) is 13.6. The van der Waals surface area contributed by atoms with Gasteiger partial charge in [0.2, 0.25) is 0 Å². The quantitative estimate of drug-likeness (QED) is 0.549. The first-order valence-electron chi connectivity index (χ1n) is 7.80.